The van der Waals surface area contributed by atoms with E-state index in [4.69, 9.17) is 26.3 Å². The maximum Gasteiger partial charge on any atom is 0.293 e. The van der Waals surface area contributed by atoms with Crippen LogP contribution in [0.15, 0.2) is 18.2 Å². The fraction of sp³-hybridized carbons (Fsp3) is 0.385. The van der Waals surface area contributed by atoms with Gasteiger partial charge in [-0.2, -0.15) is 5.26 Å². The fourth-order valence-electron chi connectivity index (χ4n) is 2.45. The van der Waals surface area contributed by atoms with Crippen molar-refractivity contribution in [3.05, 3.63) is 28.8 Å². The summed E-state index contributed by atoms with van der Waals surface area (Å²) in [6.45, 7) is 0.845. The second-order valence-corrected chi connectivity index (χ2v) is 4.81. The maximum atomic E-state index is 12.5. The molecular formula is C13H11ClN2O3. The minimum atomic E-state index is -1.42. The lowest BCUT2D eigenvalue weighted by molar-refractivity contribution is -0.256. The molecule has 19 heavy (non-hydrogen) atoms. The standard InChI is InChI=1S/C13H11ClN2O3/c14-9-2-3-11-10(8-9)13(18-6-1-7-19-13)12(17)16(11)5-4-15/h2-3,8H,1,5-7H2. The predicted octanol–water partition coefficient (Wildman–Crippen LogP) is 1.80. The van der Waals surface area contributed by atoms with E-state index in [9.17, 15) is 4.79 Å². The molecule has 3 rings (SSSR count). The summed E-state index contributed by atoms with van der Waals surface area (Å²) in [5, 5.41) is 9.36. The maximum absolute atomic E-state index is 12.5. The second kappa shape index (κ2) is 4.49. The topological polar surface area (TPSA) is 62.6 Å². The lowest BCUT2D eigenvalue weighted by Crippen LogP contribution is -2.47. The van der Waals surface area contributed by atoms with Gasteiger partial charge < -0.3 is 9.47 Å². The second-order valence-electron chi connectivity index (χ2n) is 4.38. The zero-order valence-corrected chi connectivity index (χ0v) is 10.8. The molecule has 0 N–H and O–H groups in total. The quantitative estimate of drug-likeness (QED) is 0.735. The Morgan fingerprint density at radius 1 is 1.42 bits per heavy atom. The first-order valence-corrected chi connectivity index (χ1v) is 6.34. The molecule has 2 heterocycles. The Balaban J connectivity index is 2.15. The van der Waals surface area contributed by atoms with Crippen LogP contribution in [0.2, 0.25) is 5.02 Å². The molecular weight excluding hydrogens is 268 g/mol. The number of ether oxygens (including phenoxy) is 2. The summed E-state index contributed by atoms with van der Waals surface area (Å²) >= 11 is 5.99. The molecule has 1 aromatic carbocycles. The highest BCUT2D eigenvalue weighted by Gasteiger charge is 2.54. The molecule has 2 aliphatic rings. The van der Waals surface area contributed by atoms with Crippen LogP contribution in [0.4, 0.5) is 5.69 Å². The Hall–Kier alpha value is -1.61. The van der Waals surface area contributed by atoms with E-state index >= 15 is 0 Å². The van der Waals surface area contributed by atoms with Crippen molar-refractivity contribution in [2.45, 2.75) is 12.2 Å². The highest BCUT2D eigenvalue weighted by molar-refractivity contribution is 6.31. The minimum Gasteiger partial charge on any atom is -0.338 e. The van der Waals surface area contributed by atoms with Gasteiger partial charge in [0.1, 0.15) is 6.54 Å². The Kier molecular flexibility index (Phi) is 2.94. The third kappa shape index (κ3) is 1.72. The van der Waals surface area contributed by atoms with Crippen LogP contribution >= 0.6 is 11.6 Å². The van der Waals surface area contributed by atoms with Gasteiger partial charge in [0.05, 0.1) is 25.0 Å². The number of fused-ring (bicyclic) bond motifs is 2. The van der Waals surface area contributed by atoms with E-state index in [1.54, 1.807) is 18.2 Å². The molecule has 0 aromatic heterocycles. The molecule has 0 atom stereocenters. The summed E-state index contributed by atoms with van der Waals surface area (Å²) in [5.41, 5.74) is 1.21. The Morgan fingerprint density at radius 2 is 2.16 bits per heavy atom. The first kappa shape index (κ1) is 12.4. The van der Waals surface area contributed by atoms with Crippen molar-refractivity contribution >= 4 is 23.2 Å². The number of carbonyl (C=O) groups is 1. The highest BCUT2D eigenvalue weighted by atomic mass is 35.5. The van der Waals surface area contributed by atoms with Gasteiger partial charge in [0.15, 0.2) is 0 Å². The van der Waals surface area contributed by atoms with Crippen LogP contribution in [-0.4, -0.2) is 25.7 Å². The number of carbonyl (C=O) groups excluding carboxylic acids is 1. The van der Waals surface area contributed by atoms with Crippen molar-refractivity contribution in [2.24, 2.45) is 0 Å². The van der Waals surface area contributed by atoms with Gasteiger partial charge in [0.2, 0.25) is 0 Å². The van der Waals surface area contributed by atoms with Crippen LogP contribution in [-0.2, 0) is 20.1 Å². The molecule has 5 nitrogen and oxygen atoms in total. The Morgan fingerprint density at radius 3 is 2.84 bits per heavy atom. The lowest BCUT2D eigenvalue weighted by Gasteiger charge is -2.32. The van der Waals surface area contributed by atoms with Crippen molar-refractivity contribution in [3.8, 4) is 6.07 Å². The number of anilines is 1. The van der Waals surface area contributed by atoms with Crippen LogP contribution in [0, 0.1) is 11.3 Å². The van der Waals surface area contributed by atoms with E-state index in [-0.39, 0.29) is 12.5 Å². The van der Waals surface area contributed by atoms with Gasteiger partial charge in [-0.3, -0.25) is 9.69 Å². The molecule has 0 aliphatic carbocycles. The summed E-state index contributed by atoms with van der Waals surface area (Å²) in [6.07, 6.45) is 0.739. The smallest absolute Gasteiger partial charge is 0.293 e. The van der Waals surface area contributed by atoms with E-state index in [0.29, 0.717) is 29.5 Å². The van der Waals surface area contributed by atoms with Gasteiger partial charge in [-0.15, -0.1) is 0 Å². The number of rotatable bonds is 1. The average molecular weight is 279 g/mol. The minimum absolute atomic E-state index is 0.0397. The molecule has 2 aliphatic heterocycles. The number of amides is 1. The Bertz CT molecular complexity index is 576. The molecule has 1 fully saturated rings. The third-order valence-corrected chi connectivity index (χ3v) is 3.49. The number of nitrogens with zero attached hydrogens (tertiary/aromatic N) is 2. The third-order valence-electron chi connectivity index (χ3n) is 3.26. The van der Waals surface area contributed by atoms with Crippen molar-refractivity contribution in [2.75, 3.05) is 24.7 Å². The van der Waals surface area contributed by atoms with Gasteiger partial charge in [-0.1, -0.05) is 11.6 Å². The molecule has 1 saturated heterocycles. The van der Waals surface area contributed by atoms with E-state index in [1.165, 1.54) is 4.90 Å². The molecule has 0 radical (unpaired) electrons. The fourth-order valence-corrected chi connectivity index (χ4v) is 2.62. The van der Waals surface area contributed by atoms with Crippen molar-refractivity contribution in [1.29, 1.82) is 5.26 Å². The van der Waals surface area contributed by atoms with E-state index in [2.05, 4.69) is 0 Å². The average Bonchev–Trinajstić information content (AvgIpc) is 2.64. The number of nitriles is 1. The molecule has 1 amide bonds. The molecule has 0 bridgehead atoms. The summed E-state index contributed by atoms with van der Waals surface area (Å²) in [7, 11) is 0. The summed E-state index contributed by atoms with van der Waals surface area (Å²) < 4.78 is 11.2. The number of benzene rings is 1. The molecule has 0 unspecified atom stereocenters. The van der Waals surface area contributed by atoms with Crippen LogP contribution < -0.4 is 4.90 Å². The van der Waals surface area contributed by atoms with Gasteiger partial charge >= 0.3 is 0 Å². The van der Waals surface area contributed by atoms with Gasteiger partial charge in [0.25, 0.3) is 11.7 Å². The van der Waals surface area contributed by atoms with E-state index in [0.717, 1.165) is 6.42 Å². The lowest BCUT2D eigenvalue weighted by atomic mass is 10.1. The summed E-state index contributed by atoms with van der Waals surface area (Å²) in [6, 6.07) is 7.03. The van der Waals surface area contributed by atoms with Crippen molar-refractivity contribution in [1.82, 2.24) is 0 Å². The zero-order chi connectivity index (χ0) is 13.5. The Labute approximate surface area is 115 Å². The van der Waals surface area contributed by atoms with Gasteiger partial charge in [-0.25, -0.2) is 0 Å². The molecule has 98 valence electrons. The molecule has 0 saturated carbocycles. The van der Waals surface area contributed by atoms with E-state index in [1.807, 2.05) is 6.07 Å². The van der Waals surface area contributed by atoms with Gasteiger partial charge in [0, 0.05) is 10.6 Å². The molecule has 6 heteroatoms. The van der Waals surface area contributed by atoms with Gasteiger partial charge in [-0.05, 0) is 24.6 Å². The highest BCUT2D eigenvalue weighted by Crippen LogP contribution is 2.45. The number of hydrogen-bond acceptors (Lipinski definition) is 4. The monoisotopic (exact) mass is 278 g/mol. The zero-order valence-electron chi connectivity index (χ0n) is 10.1. The SMILES string of the molecule is N#CCN1C(=O)C2(OCCCO2)c2cc(Cl)ccc21. The summed E-state index contributed by atoms with van der Waals surface area (Å²) in [4.78, 5) is 13.9. The number of hydrogen-bond donors (Lipinski definition) is 0. The predicted molar refractivity (Wildman–Crippen MR) is 67.6 cm³/mol. The van der Waals surface area contributed by atoms with Crippen LogP contribution in [0.5, 0.6) is 0 Å². The molecule has 1 spiro atoms. The van der Waals surface area contributed by atoms with Crippen molar-refractivity contribution < 1.29 is 14.3 Å². The van der Waals surface area contributed by atoms with Crippen LogP contribution in [0.25, 0.3) is 0 Å². The first-order valence-electron chi connectivity index (χ1n) is 5.96. The number of halogens is 1. The largest absolute Gasteiger partial charge is 0.338 e. The van der Waals surface area contributed by atoms with E-state index < -0.39 is 5.79 Å². The molecule has 1 aromatic rings. The normalized spacial score (nSPS) is 20.4. The van der Waals surface area contributed by atoms with Crippen LogP contribution in [0.3, 0.4) is 0 Å². The summed E-state index contributed by atoms with van der Waals surface area (Å²) in [5.74, 6) is -1.78. The first-order chi connectivity index (χ1) is 9.19. The van der Waals surface area contributed by atoms with Crippen LogP contribution in [0.1, 0.15) is 12.0 Å². The van der Waals surface area contributed by atoms with Crippen molar-refractivity contribution in [3.63, 3.8) is 0 Å².